The van der Waals surface area contributed by atoms with Crippen molar-refractivity contribution in [1.82, 2.24) is 4.90 Å². The van der Waals surface area contributed by atoms with Crippen LogP contribution in [0.25, 0.3) is 0 Å². The molecule has 1 aromatic heterocycles. The first-order valence-corrected chi connectivity index (χ1v) is 8.38. The van der Waals surface area contributed by atoms with Gasteiger partial charge in [0.2, 0.25) is 0 Å². The molecule has 2 heterocycles. The molecule has 0 aliphatic carbocycles. The molecule has 1 amide bonds. The lowest BCUT2D eigenvalue weighted by molar-refractivity contribution is 0.0678. The lowest BCUT2D eigenvalue weighted by Gasteiger charge is -2.34. The molecular weight excluding hydrogens is 334 g/mol. The topological polar surface area (TPSA) is 20.3 Å². The van der Waals surface area contributed by atoms with Gasteiger partial charge in [-0.2, -0.15) is 0 Å². The van der Waals surface area contributed by atoms with Gasteiger partial charge in [-0.3, -0.25) is 4.79 Å². The molecule has 2 nitrogen and oxygen atoms in total. The molecule has 2 aromatic rings. The van der Waals surface area contributed by atoms with Crippen LogP contribution in [-0.2, 0) is 6.42 Å². The summed E-state index contributed by atoms with van der Waals surface area (Å²) in [4.78, 5) is 16.2. The first-order valence-electron chi connectivity index (χ1n) is 6.71. The Hall–Kier alpha value is -1.13. The maximum absolute atomic E-state index is 12.8. The van der Waals surface area contributed by atoms with Crippen molar-refractivity contribution in [2.24, 2.45) is 0 Å². The molecular formula is C16H16BrNOS. The molecule has 104 valence electrons. The van der Waals surface area contributed by atoms with Gasteiger partial charge >= 0.3 is 0 Å². The second-order valence-electron chi connectivity index (χ2n) is 5.18. The summed E-state index contributed by atoms with van der Waals surface area (Å²) in [6, 6.07) is 8.20. The van der Waals surface area contributed by atoms with Crippen LogP contribution in [0.2, 0.25) is 0 Å². The SMILES string of the molecule is Cc1ccc(Br)cc1C(=O)N1CCc2sccc2C1C. The second kappa shape index (κ2) is 5.34. The van der Waals surface area contributed by atoms with E-state index >= 15 is 0 Å². The number of amides is 1. The standard InChI is InChI=1S/C16H16BrNOS/c1-10-3-4-12(17)9-14(10)16(19)18-7-5-15-13(11(18)2)6-8-20-15/h3-4,6,8-9,11H,5,7H2,1-2H3. The van der Waals surface area contributed by atoms with Gasteiger partial charge in [0.1, 0.15) is 0 Å². The molecule has 0 radical (unpaired) electrons. The molecule has 0 spiro atoms. The minimum Gasteiger partial charge on any atom is -0.331 e. The van der Waals surface area contributed by atoms with E-state index in [0.29, 0.717) is 0 Å². The minimum atomic E-state index is 0.133. The van der Waals surface area contributed by atoms with Gasteiger partial charge in [0.25, 0.3) is 5.91 Å². The monoisotopic (exact) mass is 349 g/mol. The number of carbonyl (C=O) groups excluding carboxylic acids is 1. The Bertz CT molecular complexity index is 664. The van der Waals surface area contributed by atoms with Gasteiger partial charge in [0.05, 0.1) is 6.04 Å². The summed E-state index contributed by atoms with van der Waals surface area (Å²) in [7, 11) is 0. The van der Waals surface area contributed by atoms with Gasteiger partial charge in [-0.1, -0.05) is 22.0 Å². The van der Waals surface area contributed by atoms with E-state index in [1.807, 2.05) is 30.0 Å². The van der Waals surface area contributed by atoms with Crippen molar-refractivity contribution in [3.63, 3.8) is 0 Å². The van der Waals surface area contributed by atoms with E-state index in [4.69, 9.17) is 0 Å². The molecule has 1 aromatic carbocycles. The maximum Gasteiger partial charge on any atom is 0.254 e. The fourth-order valence-corrected chi connectivity index (χ4v) is 4.09. The largest absolute Gasteiger partial charge is 0.331 e. The number of hydrogen-bond donors (Lipinski definition) is 0. The molecule has 1 aliphatic rings. The lowest BCUT2D eigenvalue weighted by atomic mass is 9.99. The Morgan fingerprint density at radius 3 is 3.00 bits per heavy atom. The second-order valence-corrected chi connectivity index (χ2v) is 7.10. The van der Waals surface area contributed by atoms with Crippen molar-refractivity contribution in [3.8, 4) is 0 Å². The summed E-state index contributed by atoms with van der Waals surface area (Å²) in [6.45, 7) is 4.92. The van der Waals surface area contributed by atoms with Crippen molar-refractivity contribution in [2.45, 2.75) is 26.3 Å². The highest BCUT2D eigenvalue weighted by Gasteiger charge is 2.29. The van der Waals surface area contributed by atoms with E-state index < -0.39 is 0 Å². The molecule has 1 aliphatic heterocycles. The molecule has 20 heavy (non-hydrogen) atoms. The maximum atomic E-state index is 12.8. The lowest BCUT2D eigenvalue weighted by Crippen LogP contribution is -2.38. The molecule has 0 bridgehead atoms. The molecule has 0 saturated carbocycles. The number of fused-ring (bicyclic) bond motifs is 1. The van der Waals surface area contributed by atoms with Crippen LogP contribution in [0.1, 0.15) is 39.3 Å². The van der Waals surface area contributed by atoms with E-state index in [1.54, 1.807) is 11.3 Å². The smallest absolute Gasteiger partial charge is 0.254 e. The molecule has 1 atom stereocenters. The third-order valence-corrected chi connectivity index (χ3v) is 5.46. The van der Waals surface area contributed by atoms with E-state index in [9.17, 15) is 4.79 Å². The predicted octanol–water partition coefficient (Wildman–Crippen LogP) is 4.58. The number of halogens is 1. The zero-order valence-electron chi connectivity index (χ0n) is 11.5. The number of benzene rings is 1. The zero-order chi connectivity index (χ0) is 14.3. The number of thiophene rings is 1. The fourth-order valence-electron chi connectivity index (χ4n) is 2.77. The third kappa shape index (κ3) is 2.31. The zero-order valence-corrected chi connectivity index (χ0v) is 13.9. The highest BCUT2D eigenvalue weighted by atomic mass is 79.9. The Balaban J connectivity index is 1.94. The van der Waals surface area contributed by atoms with Gasteiger partial charge < -0.3 is 4.90 Å². The van der Waals surface area contributed by atoms with Crippen LogP contribution in [0, 0.1) is 6.92 Å². The molecule has 0 fully saturated rings. The number of aryl methyl sites for hydroxylation is 1. The van der Waals surface area contributed by atoms with Gasteiger partial charge in [-0.25, -0.2) is 0 Å². The summed E-state index contributed by atoms with van der Waals surface area (Å²) in [6.07, 6.45) is 0.968. The number of hydrogen-bond acceptors (Lipinski definition) is 2. The van der Waals surface area contributed by atoms with Crippen molar-refractivity contribution < 1.29 is 4.79 Å². The molecule has 0 saturated heterocycles. The van der Waals surface area contributed by atoms with Crippen LogP contribution in [-0.4, -0.2) is 17.4 Å². The van der Waals surface area contributed by atoms with Gasteiger partial charge in [-0.15, -0.1) is 11.3 Å². The summed E-state index contributed by atoms with van der Waals surface area (Å²) in [5, 5.41) is 2.12. The van der Waals surface area contributed by atoms with Crippen molar-refractivity contribution in [3.05, 3.63) is 55.7 Å². The number of nitrogens with zero attached hydrogens (tertiary/aromatic N) is 1. The van der Waals surface area contributed by atoms with Crippen molar-refractivity contribution in [1.29, 1.82) is 0 Å². The summed E-state index contributed by atoms with van der Waals surface area (Å²) in [5.41, 5.74) is 3.13. The van der Waals surface area contributed by atoms with Crippen LogP contribution >= 0.6 is 27.3 Å². The van der Waals surface area contributed by atoms with Gasteiger partial charge in [-0.05, 0) is 55.0 Å². The van der Waals surface area contributed by atoms with Crippen LogP contribution in [0.5, 0.6) is 0 Å². The van der Waals surface area contributed by atoms with Crippen LogP contribution in [0.15, 0.2) is 34.1 Å². The molecule has 1 unspecified atom stereocenters. The average Bonchev–Trinajstić information content (AvgIpc) is 2.90. The Morgan fingerprint density at radius 1 is 1.40 bits per heavy atom. The summed E-state index contributed by atoms with van der Waals surface area (Å²) >= 11 is 5.25. The predicted molar refractivity (Wildman–Crippen MR) is 86.4 cm³/mol. The summed E-state index contributed by atoms with van der Waals surface area (Å²) in [5.74, 6) is 0.133. The Labute approximate surface area is 131 Å². The molecule has 3 rings (SSSR count). The highest BCUT2D eigenvalue weighted by molar-refractivity contribution is 9.10. The average molecular weight is 350 g/mol. The number of rotatable bonds is 1. The van der Waals surface area contributed by atoms with Gasteiger partial charge in [0, 0.05) is 21.5 Å². The van der Waals surface area contributed by atoms with E-state index in [1.165, 1.54) is 10.4 Å². The number of carbonyl (C=O) groups is 1. The molecule has 4 heteroatoms. The van der Waals surface area contributed by atoms with Gasteiger partial charge in [0.15, 0.2) is 0 Å². The third-order valence-electron chi connectivity index (χ3n) is 3.97. The first-order chi connectivity index (χ1) is 9.58. The molecule has 0 N–H and O–H groups in total. The van der Waals surface area contributed by atoms with Crippen LogP contribution < -0.4 is 0 Å². The minimum absolute atomic E-state index is 0.133. The Kier molecular flexibility index (Phi) is 3.69. The van der Waals surface area contributed by atoms with Crippen LogP contribution in [0.4, 0.5) is 0 Å². The summed E-state index contributed by atoms with van der Waals surface area (Å²) < 4.78 is 0.951. The van der Waals surface area contributed by atoms with E-state index in [-0.39, 0.29) is 11.9 Å². The Morgan fingerprint density at radius 2 is 2.20 bits per heavy atom. The highest BCUT2D eigenvalue weighted by Crippen LogP contribution is 2.34. The first kappa shape index (κ1) is 13.8. The quantitative estimate of drug-likeness (QED) is 0.737. The normalized spacial score (nSPS) is 17.9. The van der Waals surface area contributed by atoms with E-state index in [0.717, 1.165) is 28.6 Å². The van der Waals surface area contributed by atoms with E-state index in [2.05, 4.69) is 34.3 Å². The van der Waals surface area contributed by atoms with Crippen molar-refractivity contribution >= 4 is 33.2 Å². The van der Waals surface area contributed by atoms with Crippen molar-refractivity contribution in [2.75, 3.05) is 6.54 Å². The van der Waals surface area contributed by atoms with Crippen LogP contribution in [0.3, 0.4) is 0 Å². The fraction of sp³-hybridized carbons (Fsp3) is 0.312.